The van der Waals surface area contributed by atoms with E-state index in [9.17, 15) is 18.7 Å². The van der Waals surface area contributed by atoms with Crippen molar-refractivity contribution < 1.29 is 18.7 Å². The molecule has 0 heterocycles. The number of hydrogen-bond acceptors (Lipinski definition) is 3. The van der Waals surface area contributed by atoms with Gasteiger partial charge in [-0.2, -0.15) is 0 Å². The summed E-state index contributed by atoms with van der Waals surface area (Å²) in [5.41, 5.74) is 7.94. The van der Waals surface area contributed by atoms with E-state index in [4.69, 9.17) is 5.73 Å². The molecule has 0 fully saturated rings. The Morgan fingerprint density at radius 1 is 0.880 bits per heavy atom. The molecule has 0 saturated carbocycles. The number of amides is 1. The Labute approximate surface area is 142 Å². The summed E-state index contributed by atoms with van der Waals surface area (Å²) in [4.78, 5) is 12.3. The van der Waals surface area contributed by atoms with Crippen LogP contribution in [0, 0.1) is 11.6 Å². The first-order valence-corrected chi connectivity index (χ1v) is 7.39. The van der Waals surface area contributed by atoms with Crippen LogP contribution >= 0.6 is 0 Å². The first kappa shape index (κ1) is 16.4. The smallest absolute Gasteiger partial charge is 0.255 e. The molecule has 3 aromatic carbocycles. The summed E-state index contributed by atoms with van der Waals surface area (Å²) >= 11 is 0. The van der Waals surface area contributed by atoms with Crippen LogP contribution in [0.4, 0.5) is 20.2 Å². The highest BCUT2D eigenvalue weighted by Crippen LogP contribution is 2.28. The van der Waals surface area contributed by atoms with Gasteiger partial charge in [-0.1, -0.05) is 12.1 Å². The van der Waals surface area contributed by atoms with Gasteiger partial charge in [-0.25, -0.2) is 8.78 Å². The van der Waals surface area contributed by atoms with E-state index in [0.717, 1.165) is 12.1 Å². The highest BCUT2D eigenvalue weighted by Gasteiger charge is 2.11. The van der Waals surface area contributed by atoms with Crippen molar-refractivity contribution in [3.05, 3.63) is 77.9 Å². The maximum absolute atomic E-state index is 13.4. The van der Waals surface area contributed by atoms with Gasteiger partial charge >= 0.3 is 0 Å². The van der Waals surface area contributed by atoms with Crippen LogP contribution in [0.2, 0.25) is 0 Å². The van der Waals surface area contributed by atoms with Crippen LogP contribution in [0.25, 0.3) is 11.1 Å². The summed E-state index contributed by atoms with van der Waals surface area (Å²) in [5, 5.41) is 11.9. The van der Waals surface area contributed by atoms with Gasteiger partial charge in [0, 0.05) is 5.56 Å². The van der Waals surface area contributed by atoms with Crippen molar-refractivity contribution in [3.8, 4) is 16.9 Å². The van der Waals surface area contributed by atoms with Crippen LogP contribution < -0.4 is 11.1 Å². The van der Waals surface area contributed by atoms with Gasteiger partial charge in [0.25, 0.3) is 5.91 Å². The Morgan fingerprint density at radius 2 is 1.52 bits per heavy atom. The minimum Gasteiger partial charge on any atom is -0.508 e. The Kier molecular flexibility index (Phi) is 4.35. The van der Waals surface area contributed by atoms with Crippen LogP contribution in [0.5, 0.6) is 5.75 Å². The van der Waals surface area contributed by atoms with Gasteiger partial charge in [-0.05, 0) is 59.7 Å². The van der Waals surface area contributed by atoms with E-state index in [2.05, 4.69) is 5.32 Å². The maximum Gasteiger partial charge on any atom is 0.255 e. The summed E-state index contributed by atoms with van der Waals surface area (Å²) in [5.74, 6) is -2.24. The first-order chi connectivity index (χ1) is 11.9. The van der Waals surface area contributed by atoms with Gasteiger partial charge in [0.1, 0.15) is 5.75 Å². The van der Waals surface area contributed by atoms with Crippen molar-refractivity contribution in [3.63, 3.8) is 0 Å². The molecule has 4 nitrogen and oxygen atoms in total. The van der Waals surface area contributed by atoms with E-state index in [1.807, 2.05) is 0 Å². The normalized spacial score (nSPS) is 10.5. The number of halogens is 2. The topological polar surface area (TPSA) is 75.3 Å². The molecule has 0 aromatic heterocycles. The maximum atomic E-state index is 13.4. The highest BCUT2D eigenvalue weighted by molar-refractivity contribution is 6.06. The minimum atomic E-state index is -0.955. The van der Waals surface area contributed by atoms with E-state index in [-0.39, 0.29) is 5.75 Å². The van der Waals surface area contributed by atoms with Crippen LogP contribution in [0.1, 0.15) is 10.4 Å². The average molecular weight is 340 g/mol. The van der Waals surface area contributed by atoms with Crippen molar-refractivity contribution in [2.24, 2.45) is 0 Å². The second-order valence-electron chi connectivity index (χ2n) is 5.43. The lowest BCUT2D eigenvalue weighted by Gasteiger charge is -2.11. The highest BCUT2D eigenvalue weighted by atomic mass is 19.2. The number of nitrogens with two attached hydrogens (primary N) is 1. The largest absolute Gasteiger partial charge is 0.508 e. The standard InChI is InChI=1S/C19H14F2N2O2/c20-15-7-3-12(9-16(15)21)13-4-8-17(22)18(10-13)23-19(25)11-1-5-14(24)6-2-11/h1-10,24H,22H2,(H,23,25). The Bertz CT molecular complexity index is 941. The van der Waals surface area contributed by atoms with Crippen LogP contribution in [-0.4, -0.2) is 11.0 Å². The predicted molar refractivity (Wildman–Crippen MR) is 92.3 cm³/mol. The molecule has 25 heavy (non-hydrogen) atoms. The summed E-state index contributed by atoms with van der Waals surface area (Å²) in [6, 6.07) is 14.1. The average Bonchev–Trinajstić information content (AvgIpc) is 2.60. The van der Waals surface area contributed by atoms with E-state index in [1.54, 1.807) is 18.2 Å². The molecule has 0 unspecified atom stereocenters. The Morgan fingerprint density at radius 3 is 2.20 bits per heavy atom. The third kappa shape index (κ3) is 3.58. The van der Waals surface area contributed by atoms with E-state index in [0.29, 0.717) is 28.1 Å². The van der Waals surface area contributed by atoms with Crippen molar-refractivity contribution in [2.45, 2.75) is 0 Å². The van der Waals surface area contributed by atoms with E-state index < -0.39 is 17.5 Å². The zero-order chi connectivity index (χ0) is 18.0. The Balaban J connectivity index is 1.90. The molecular weight excluding hydrogens is 326 g/mol. The first-order valence-electron chi connectivity index (χ1n) is 7.39. The molecule has 126 valence electrons. The molecule has 3 rings (SSSR count). The van der Waals surface area contributed by atoms with Gasteiger partial charge in [-0.3, -0.25) is 4.79 Å². The second-order valence-corrected chi connectivity index (χ2v) is 5.43. The number of nitrogens with one attached hydrogen (secondary N) is 1. The molecule has 0 radical (unpaired) electrons. The number of nitrogen functional groups attached to an aromatic ring is 1. The fraction of sp³-hybridized carbons (Fsp3) is 0. The van der Waals surface area contributed by atoms with Gasteiger partial charge in [0.15, 0.2) is 11.6 Å². The monoisotopic (exact) mass is 340 g/mol. The third-order valence-corrected chi connectivity index (χ3v) is 3.68. The summed E-state index contributed by atoms with van der Waals surface area (Å²) in [7, 11) is 0. The second kappa shape index (κ2) is 6.60. The lowest BCUT2D eigenvalue weighted by atomic mass is 10.0. The molecule has 1 amide bonds. The van der Waals surface area contributed by atoms with Gasteiger partial charge in [0.2, 0.25) is 0 Å². The molecule has 0 aliphatic heterocycles. The quantitative estimate of drug-likeness (QED) is 0.626. The van der Waals surface area contributed by atoms with Crippen molar-refractivity contribution in [1.29, 1.82) is 0 Å². The molecule has 3 aromatic rings. The molecule has 0 aliphatic rings. The molecule has 0 bridgehead atoms. The fourth-order valence-electron chi connectivity index (χ4n) is 2.33. The number of benzene rings is 3. The molecule has 6 heteroatoms. The zero-order valence-corrected chi connectivity index (χ0v) is 13.0. The van der Waals surface area contributed by atoms with Crippen molar-refractivity contribution >= 4 is 17.3 Å². The summed E-state index contributed by atoms with van der Waals surface area (Å²) < 4.78 is 26.5. The predicted octanol–water partition coefficient (Wildman–Crippen LogP) is 4.17. The number of phenols is 1. The molecule has 0 spiro atoms. The number of rotatable bonds is 3. The van der Waals surface area contributed by atoms with Crippen LogP contribution in [-0.2, 0) is 0 Å². The lowest BCUT2D eigenvalue weighted by Crippen LogP contribution is -2.13. The summed E-state index contributed by atoms with van der Waals surface area (Å²) in [6.07, 6.45) is 0. The molecule has 0 aliphatic carbocycles. The summed E-state index contributed by atoms with van der Waals surface area (Å²) in [6.45, 7) is 0. The number of anilines is 2. The number of aromatic hydroxyl groups is 1. The van der Waals surface area contributed by atoms with Crippen LogP contribution in [0.15, 0.2) is 60.7 Å². The van der Waals surface area contributed by atoms with E-state index >= 15 is 0 Å². The molecule has 0 atom stereocenters. The molecule has 0 saturated heterocycles. The zero-order valence-electron chi connectivity index (χ0n) is 13.0. The van der Waals surface area contributed by atoms with Gasteiger partial charge < -0.3 is 16.2 Å². The fourth-order valence-corrected chi connectivity index (χ4v) is 2.33. The van der Waals surface area contributed by atoms with Gasteiger partial charge in [-0.15, -0.1) is 0 Å². The van der Waals surface area contributed by atoms with Gasteiger partial charge in [0.05, 0.1) is 11.4 Å². The molecular formula is C19H14F2N2O2. The number of carbonyl (C=O) groups excluding carboxylic acids is 1. The molecule has 4 N–H and O–H groups in total. The third-order valence-electron chi connectivity index (χ3n) is 3.68. The number of carbonyl (C=O) groups is 1. The number of hydrogen-bond donors (Lipinski definition) is 3. The lowest BCUT2D eigenvalue weighted by molar-refractivity contribution is 0.102. The van der Waals surface area contributed by atoms with E-state index in [1.165, 1.54) is 30.3 Å². The Hall–Kier alpha value is -3.41. The van der Waals surface area contributed by atoms with Crippen molar-refractivity contribution in [2.75, 3.05) is 11.1 Å². The minimum absolute atomic E-state index is 0.0522. The van der Waals surface area contributed by atoms with Crippen molar-refractivity contribution in [1.82, 2.24) is 0 Å². The van der Waals surface area contributed by atoms with Crippen LogP contribution in [0.3, 0.4) is 0 Å². The SMILES string of the molecule is Nc1ccc(-c2ccc(F)c(F)c2)cc1NC(=O)c1ccc(O)cc1. The number of phenolic OH excluding ortho intramolecular Hbond substituents is 1.